The van der Waals surface area contributed by atoms with Gasteiger partial charge in [-0.25, -0.2) is 0 Å². The third-order valence-electron chi connectivity index (χ3n) is 1.24. The maximum Gasteiger partial charge on any atom is 0.287 e. The number of rotatable bonds is 4. The van der Waals surface area contributed by atoms with E-state index in [4.69, 9.17) is 10.3 Å². The van der Waals surface area contributed by atoms with E-state index in [1.807, 2.05) is 13.8 Å². The van der Waals surface area contributed by atoms with E-state index < -0.39 is 10.1 Å². The van der Waals surface area contributed by atoms with E-state index in [9.17, 15) is 8.42 Å². The molecule has 0 aromatic rings. The van der Waals surface area contributed by atoms with Crippen molar-refractivity contribution >= 4 is 10.1 Å². The first-order valence-electron chi connectivity index (χ1n) is 3.72. The number of nitrogens with two attached hydrogens (primary N) is 1. The molecule has 0 heterocycles. The van der Waals surface area contributed by atoms with Crippen molar-refractivity contribution in [1.82, 2.24) is 0 Å². The van der Waals surface area contributed by atoms with E-state index in [0.717, 1.165) is 5.41 Å². The second kappa shape index (κ2) is 4.59. The summed E-state index contributed by atoms with van der Waals surface area (Å²) in [5.74, 6) is 0.408. The highest BCUT2D eigenvalue weighted by molar-refractivity contribution is 7.88. The SMILES string of the molecule is CC(C)C[C@H](N)/C=C/S(=O)(=O)O. The molecule has 72 valence electrons. The second-order valence-electron chi connectivity index (χ2n) is 3.14. The Morgan fingerprint density at radius 2 is 2.00 bits per heavy atom. The van der Waals surface area contributed by atoms with Crippen LogP contribution >= 0.6 is 0 Å². The summed E-state index contributed by atoms with van der Waals surface area (Å²) in [5, 5.41) is 0.722. The predicted molar refractivity (Wildman–Crippen MR) is 48.1 cm³/mol. The van der Waals surface area contributed by atoms with Crippen LogP contribution in [0, 0.1) is 5.92 Å². The molecular formula is C7H15NO3S. The van der Waals surface area contributed by atoms with Gasteiger partial charge in [0.1, 0.15) is 0 Å². The molecule has 0 aliphatic heterocycles. The Balaban J connectivity index is 4.01. The Labute approximate surface area is 73.2 Å². The molecule has 3 N–H and O–H groups in total. The highest BCUT2D eigenvalue weighted by Gasteiger charge is 2.03. The lowest BCUT2D eigenvalue weighted by molar-refractivity contribution is 0.493. The summed E-state index contributed by atoms with van der Waals surface area (Å²) in [6, 6.07) is -0.313. The van der Waals surface area contributed by atoms with E-state index >= 15 is 0 Å². The summed E-state index contributed by atoms with van der Waals surface area (Å²) in [6.07, 6.45) is 1.99. The maximum atomic E-state index is 10.2. The lowest BCUT2D eigenvalue weighted by Crippen LogP contribution is -2.19. The quantitative estimate of drug-likeness (QED) is 0.646. The lowest BCUT2D eigenvalue weighted by Gasteiger charge is -2.08. The van der Waals surface area contributed by atoms with Gasteiger partial charge in [0, 0.05) is 6.04 Å². The van der Waals surface area contributed by atoms with Gasteiger partial charge in [0.15, 0.2) is 0 Å². The van der Waals surface area contributed by atoms with Crippen molar-refractivity contribution in [3.8, 4) is 0 Å². The number of hydrogen-bond acceptors (Lipinski definition) is 3. The van der Waals surface area contributed by atoms with Crippen LogP contribution in [0.1, 0.15) is 20.3 Å². The fourth-order valence-electron chi connectivity index (χ4n) is 0.823. The van der Waals surface area contributed by atoms with Gasteiger partial charge in [0.25, 0.3) is 10.1 Å². The zero-order valence-corrected chi connectivity index (χ0v) is 8.08. The van der Waals surface area contributed by atoms with Crippen LogP contribution in [0.5, 0.6) is 0 Å². The summed E-state index contributed by atoms with van der Waals surface area (Å²) < 4.78 is 28.8. The van der Waals surface area contributed by atoms with Crippen molar-refractivity contribution in [3.63, 3.8) is 0 Å². The molecule has 12 heavy (non-hydrogen) atoms. The Bertz CT molecular complexity index is 243. The molecule has 0 amide bonds. The normalized spacial score (nSPS) is 15.8. The summed E-state index contributed by atoms with van der Waals surface area (Å²) >= 11 is 0. The van der Waals surface area contributed by atoms with E-state index in [2.05, 4.69) is 0 Å². The zero-order valence-electron chi connectivity index (χ0n) is 7.27. The third-order valence-corrected chi connectivity index (χ3v) is 1.74. The van der Waals surface area contributed by atoms with Crippen LogP contribution in [0.4, 0.5) is 0 Å². The molecule has 0 aromatic heterocycles. The van der Waals surface area contributed by atoms with E-state index in [1.165, 1.54) is 6.08 Å². The predicted octanol–water partition coefficient (Wildman–Crippen LogP) is 0.761. The molecule has 0 radical (unpaired) electrons. The van der Waals surface area contributed by atoms with Gasteiger partial charge in [0.05, 0.1) is 5.41 Å². The molecule has 0 fully saturated rings. The summed E-state index contributed by atoms with van der Waals surface area (Å²) in [4.78, 5) is 0. The largest absolute Gasteiger partial charge is 0.324 e. The van der Waals surface area contributed by atoms with E-state index in [-0.39, 0.29) is 6.04 Å². The van der Waals surface area contributed by atoms with Crippen molar-refractivity contribution in [2.45, 2.75) is 26.3 Å². The van der Waals surface area contributed by atoms with Crippen LogP contribution in [-0.4, -0.2) is 19.0 Å². The minimum atomic E-state index is -4.02. The summed E-state index contributed by atoms with van der Waals surface area (Å²) in [7, 11) is -4.02. The van der Waals surface area contributed by atoms with Crippen LogP contribution < -0.4 is 5.73 Å². The minimum Gasteiger partial charge on any atom is -0.324 e. The van der Waals surface area contributed by atoms with Crippen LogP contribution in [0.25, 0.3) is 0 Å². The van der Waals surface area contributed by atoms with Crippen LogP contribution in [0.3, 0.4) is 0 Å². The maximum absolute atomic E-state index is 10.2. The molecule has 0 spiro atoms. The number of hydrogen-bond donors (Lipinski definition) is 2. The van der Waals surface area contributed by atoms with Gasteiger partial charge in [-0.15, -0.1) is 0 Å². The lowest BCUT2D eigenvalue weighted by atomic mass is 10.1. The second-order valence-corrected chi connectivity index (χ2v) is 4.44. The topological polar surface area (TPSA) is 80.4 Å². The molecule has 5 heteroatoms. The zero-order chi connectivity index (χ0) is 9.78. The van der Waals surface area contributed by atoms with Crippen molar-refractivity contribution in [1.29, 1.82) is 0 Å². The Morgan fingerprint density at radius 3 is 2.33 bits per heavy atom. The molecule has 0 saturated heterocycles. The van der Waals surface area contributed by atoms with Crippen LogP contribution in [-0.2, 0) is 10.1 Å². The molecule has 0 unspecified atom stereocenters. The fraction of sp³-hybridized carbons (Fsp3) is 0.714. The van der Waals surface area contributed by atoms with Gasteiger partial charge in [-0.1, -0.05) is 19.9 Å². The minimum absolute atomic E-state index is 0.313. The first-order valence-corrected chi connectivity index (χ1v) is 5.23. The molecule has 4 nitrogen and oxygen atoms in total. The van der Waals surface area contributed by atoms with Crippen molar-refractivity contribution in [3.05, 3.63) is 11.5 Å². The highest BCUT2D eigenvalue weighted by atomic mass is 32.2. The molecule has 0 rings (SSSR count). The molecule has 0 aliphatic carbocycles. The van der Waals surface area contributed by atoms with Gasteiger partial charge in [0.2, 0.25) is 0 Å². The first kappa shape index (κ1) is 11.6. The van der Waals surface area contributed by atoms with Gasteiger partial charge in [-0.2, -0.15) is 8.42 Å². The van der Waals surface area contributed by atoms with E-state index in [1.54, 1.807) is 0 Å². The van der Waals surface area contributed by atoms with Gasteiger partial charge < -0.3 is 5.73 Å². The van der Waals surface area contributed by atoms with Crippen molar-refractivity contribution in [2.75, 3.05) is 0 Å². The standard InChI is InChI=1S/C7H15NO3S/c1-6(2)5-7(8)3-4-12(9,10)11/h3-4,6-7H,5,8H2,1-2H3,(H,9,10,11)/b4-3+/t7-/m1/s1. The van der Waals surface area contributed by atoms with E-state index in [0.29, 0.717) is 12.3 Å². The highest BCUT2D eigenvalue weighted by Crippen LogP contribution is 2.03. The molecule has 1 atom stereocenters. The Hall–Kier alpha value is -0.390. The molecule has 0 aliphatic rings. The van der Waals surface area contributed by atoms with Crippen molar-refractivity contribution < 1.29 is 13.0 Å². The summed E-state index contributed by atoms with van der Waals surface area (Å²) in [6.45, 7) is 3.97. The van der Waals surface area contributed by atoms with Gasteiger partial charge >= 0.3 is 0 Å². The first-order chi connectivity index (χ1) is 5.31. The third kappa shape index (κ3) is 7.71. The molecule has 0 bridgehead atoms. The monoisotopic (exact) mass is 193 g/mol. The van der Waals surface area contributed by atoms with Gasteiger partial charge in [-0.05, 0) is 12.3 Å². The average molecular weight is 193 g/mol. The van der Waals surface area contributed by atoms with Gasteiger partial charge in [-0.3, -0.25) is 4.55 Å². The van der Waals surface area contributed by atoms with Crippen molar-refractivity contribution in [2.24, 2.45) is 11.7 Å². The summed E-state index contributed by atoms with van der Waals surface area (Å²) in [5.41, 5.74) is 5.52. The van der Waals surface area contributed by atoms with Crippen LogP contribution in [0.15, 0.2) is 11.5 Å². The fourth-order valence-corrected chi connectivity index (χ4v) is 1.22. The van der Waals surface area contributed by atoms with Crippen LogP contribution in [0.2, 0.25) is 0 Å². The Kier molecular flexibility index (Phi) is 4.44. The average Bonchev–Trinajstić information content (AvgIpc) is 1.80. The Morgan fingerprint density at radius 1 is 1.50 bits per heavy atom. The molecule has 0 aromatic carbocycles. The smallest absolute Gasteiger partial charge is 0.287 e. The molecule has 0 saturated carbocycles. The molecular weight excluding hydrogens is 178 g/mol.